The molecular formula is C21H25N3O2. The molecule has 0 saturated heterocycles. The summed E-state index contributed by atoms with van der Waals surface area (Å²) in [7, 11) is 0. The highest BCUT2D eigenvalue weighted by Gasteiger charge is 2.15. The zero-order valence-corrected chi connectivity index (χ0v) is 15.6. The van der Waals surface area contributed by atoms with Crippen LogP contribution in [0.3, 0.4) is 0 Å². The maximum Gasteiger partial charge on any atom is 0.336 e. The lowest BCUT2D eigenvalue weighted by Gasteiger charge is -2.20. The molecule has 0 atom stereocenters. The minimum absolute atomic E-state index is 0.265. The normalized spacial score (nSPS) is 11.4. The summed E-state index contributed by atoms with van der Waals surface area (Å²) in [5, 5.41) is 0.565. The molecule has 136 valence electrons. The van der Waals surface area contributed by atoms with Crippen LogP contribution in [0.5, 0.6) is 0 Å². The van der Waals surface area contributed by atoms with Crippen molar-refractivity contribution >= 4 is 10.9 Å². The van der Waals surface area contributed by atoms with E-state index in [0.29, 0.717) is 23.1 Å². The van der Waals surface area contributed by atoms with Crippen LogP contribution < -0.4 is 11.2 Å². The maximum absolute atomic E-state index is 13.3. The molecule has 2 aromatic carbocycles. The zero-order chi connectivity index (χ0) is 18.7. The second-order valence-corrected chi connectivity index (χ2v) is 6.41. The van der Waals surface area contributed by atoms with Gasteiger partial charge in [0, 0.05) is 13.1 Å². The fourth-order valence-corrected chi connectivity index (χ4v) is 3.35. The molecule has 0 saturated carbocycles. The number of hydrogen-bond acceptors (Lipinski definition) is 3. The topological polar surface area (TPSA) is 47.2 Å². The fraction of sp³-hybridized carbons (Fsp3) is 0.333. The Morgan fingerprint density at radius 1 is 0.923 bits per heavy atom. The van der Waals surface area contributed by atoms with E-state index in [2.05, 4.69) is 18.7 Å². The first kappa shape index (κ1) is 18.1. The predicted molar refractivity (Wildman–Crippen MR) is 106 cm³/mol. The Morgan fingerprint density at radius 2 is 1.58 bits per heavy atom. The molecule has 0 aliphatic carbocycles. The highest BCUT2D eigenvalue weighted by Crippen LogP contribution is 2.13. The molecule has 26 heavy (non-hydrogen) atoms. The lowest BCUT2D eigenvalue weighted by molar-refractivity contribution is 0.289. The number of rotatable bonds is 6. The van der Waals surface area contributed by atoms with Gasteiger partial charge in [0.15, 0.2) is 0 Å². The number of benzene rings is 2. The van der Waals surface area contributed by atoms with Crippen LogP contribution in [0.25, 0.3) is 16.6 Å². The third-order valence-corrected chi connectivity index (χ3v) is 4.94. The van der Waals surface area contributed by atoms with Gasteiger partial charge in [0.05, 0.1) is 16.6 Å². The summed E-state index contributed by atoms with van der Waals surface area (Å²) >= 11 is 0. The summed E-state index contributed by atoms with van der Waals surface area (Å²) in [5.41, 5.74) is 1.69. The summed E-state index contributed by atoms with van der Waals surface area (Å²) in [6.07, 6.45) is 0. The quantitative estimate of drug-likeness (QED) is 0.686. The number of likely N-dealkylation sites (N-methyl/N-ethyl adjacent to an activating group) is 1. The molecule has 0 radical (unpaired) electrons. The average Bonchev–Trinajstić information content (AvgIpc) is 2.66. The molecule has 0 aliphatic rings. The third kappa shape index (κ3) is 3.22. The van der Waals surface area contributed by atoms with E-state index in [9.17, 15) is 9.59 Å². The van der Waals surface area contributed by atoms with Gasteiger partial charge in [0.1, 0.15) is 0 Å². The molecule has 1 aromatic heterocycles. The van der Waals surface area contributed by atoms with Gasteiger partial charge in [-0.15, -0.1) is 0 Å². The predicted octanol–water partition coefficient (Wildman–Crippen LogP) is 2.80. The molecule has 5 nitrogen and oxygen atoms in total. The van der Waals surface area contributed by atoms with E-state index < -0.39 is 0 Å². The van der Waals surface area contributed by atoms with E-state index >= 15 is 0 Å². The van der Waals surface area contributed by atoms with Gasteiger partial charge in [-0.1, -0.05) is 44.2 Å². The molecule has 0 amide bonds. The van der Waals surface area contributed by atoms with Crippen LogP contribution in [0.4, 0.5) is 0 Å². The van der Waals surface area contributed by atoms with Crippen LogP contribution in [0, 0.1) is 6.92 Å². The number of para-hydroxylation sites is 2. The first-order valence-corrected chi connectivity index (χ1v) is 9.11. The van der Waals surface area contributed by atoms with Crippen molar-refractivity contribution in [2.24, 2.45) is 0 Å². The molecule has 3 rings (SSSR count). The molecule has 0 unspecified atom stereocenters. The SMILES string of the molecule is CCN(CC)CCn1c(=O)n(-c2ccccc2C)c(=O)c2ccccc21. The highest BCUT2D eigenvalue weighted by molar-refractivity contribution is 5.78. The fourth-order valence-electron chi connectivity index (χ4n) is 3.35. The van der Waals surface area contributed by atoms with Crippen molar-refractivity contribution in [2.75, 3.05) is 19.6 Å². The second-order valence-electron chi connectivity index (χ2n) is 6.41. The van der Waals surface area contributed by atoms with Crippen LogP contribution in [-0.2, 0) is 6.54 Å². The molecule has 5 heteroatoms. The second kappa shape index (κ2) is 7.70. The van der Waals surface area contributed by atoms with Gasteiger partial charge in [-0.3, -0.25) is 9.36 Å². The molecule has 0 N–H and O–H groups in total. The molecule has 0 spiro atoms. The number of hydrogen-bond donors (Lipinski definition) is 0. The maximum atomic E-state index is 13.3. The van der Waals surface area contributed by atoms with E-state index in [1.807, 2.05) is 49.4 Å². The summed E-state index contributed by atoms with van der Waals surface area (Å²) in [6, 6.07) is 14.8. The van der Waals surface area contributed by atoms with Crippen LogP contribution >= 0.6 is 0 Å². The van der Waals surface area contributed by atoms with Crippen molar-refractivity contribution in [2.45, 2.75) is 27.3 Å². The summed E-state index contributed by atoms with van der Waals surface area (Å²) < 4.78 is 3.03. The Kier molecular flexibility index (Phi) is 5.38. The Labute approximate surface area is 153 Å². The van der Waals surface area contributed by atoms with E-state index in [1.165, 1.54) is 4.57 Å². The van der Waals surface area contributed by atoms with Crippen LogP contribution in [0.1, 0.15) is 19.4 Å². The lowest BCUT2D eigenvalue weighted by Crippen LogP contribution is -2.41. The summed E-state index contributed by atoms with van der Waals surface area (Å²) in [4.78, 5) is 28.6. The van der Waals surface area contributed by atoms with Gasteiger partial charge < -0.3 is 4.90 Å². The van der Waals surface area contributed by atoms with Crippen LogP contribution in [0.15, 0.2) is 58.1 Å². The third-order valence-electron chi connectivity index (χ3n) is 4.94. The monoisotopic (exact) mass is 351 g/mol. The van der Waals surface area contributed by atoms with Crippen molar-refractivity contribution in [1.29, 1.82) is 0 Å². The summed E-state index contributed by atoms with van der Waals surface area (Å²) in [6.45, 7) is 9.31. The van der Waals surface area contributed by atoms with Crippen LogP contribution in [-0.4, -0.2) is 33.7 Å². The molecule has 0 aliphatic heterocycles. The van der Waals surface area contributed by atoms with Gasteiger partial charge in [-0.25, -0.2) is 9.36 Å². The molecule has 1 heterocycles. The van der Waals surface area contributed by atoms with Gasteiger partial charge >= 0.3 is 5.69 Å². The minimum atomic E-state index is -0.282. The standard InChI is InChI=1S/C21H25N3O2/c1-4-22(5-2)14-15-23-19-13-9-7-11-17(19)20(25)24(21(23)26)18-12-8-6-10-16(18)3/h6-13H,4-5,14-15H2,1-3H3. The van der Waals surface area contributed by atoms with Crippen molar-refractivity contribution in [3.63, 3.8) is 0 Å². The lowest BCUT2D eigenvalue weighted by atomic mass is 10.2. The molecular weight excluding hydrogens is 326 g/mol. The average molecular weight is 351 g/mol. The number of aryl methyl sites for hydroxylation is 1. The van der Waals surface area contributed by atoms with E-state index in [1.54, 1.807) is 10.6 Å². The first-order chi connectivity index (χ1) is 12.6. The highest BCUT2D eigenvalue weighted by atomic mass is 16.2. The van der Waals surface area contributed by atoms with E-state index in [4.69, 9.17) is 0 Å². The van der Waals surface area contributed by atoms with Crippen molar-refractivity contribution in [3.05, 3.63) is 74.9 Å². The Morgan fingerprint density at radius 3 is 2.27 bits per heavy atom. The number of fused-ring (bicyclic) bond motifs is 1. The largest absolute Gasteiger partial charge is 0.336 e. The van der Waals surface area contributed by atoms with E-state index in [0.717, 1.165) is 25.2 Å². The van der Waals surface area contributed by atoms with Gasteiger partial charge in [-0.2, -0.15) is 0 Å². The van der Waals surface area contributed by atoms with Gasteiger partial charge in [0.25, 0.3) is 5.56 Å². The first-order valence-electron chi connectivity index (χ1n) is 9.11. The Balaban J connectivity index is 2.26. The smallest absolute Gasteiger partial charge is 0.302 e. The van der Waals surface area contributed by atoms with Gasteiger partial charge in [0.2, 0.25) is 0 Å². The van der Waals surface area contributed by atoms with Crippen molar-refractivity contribution < 1.29 is 0 Å². The minimum Gasteiger partial charge on any atom is -0.302 e. The zero-order valence-electron chi connectivity index (χ0n) is 15.6. The van der Waals surface area contributed by atoms with Crippen molar-refractivity contribution in [3.8, 4) is 5.69 Å². The Bertz CT molecular complexity index is 1030. The molecule has 3 aromatic rings. The van der Waals surface area contributed by atoms with Gasteiger partial charge in [-0.05, 0) is 43.8 Å². The molecule has 0 bridgehead atoms. The molecule has 0 fully saturated rings. The van der Waals surface area contributed by atoms with Crippen LogP contribution in [0.2, 0.25) is 0 Å². The number of aromatic nitrogens is 2. The van der Waals surface area contributed by atoms with Crippen molar-refractivity contribution in [1.82, 2.24) is 14.0 Å². The Hall–Kier alpha value is -2.66. The number of nitrogens with zero attached hydrogens (tertiary/aromatic N) is 3. The van der Waals surface area contributed by atoms with E-state index in [-0.39, 0.29) is 11.2 Å². The summed E-state index contributed by atoms with van der Waals surface area (Å²) in [5.74, 6) is 0.